The van der Waals surface area contributed by atoms with Gasteiger partial charge in [-0.05, 0) is 13.8 Å². The predicted octanol–water partition coefficient (Wildman–Crippen LogP) is 0.922. The van der Waals surface area contributed by atoms with Crippen molar-refractivity contribution in [2.45, 2.75) is 19.9 Å². The van der Waals surface area contributed by atoms with Crippen LogP contribution in [0.4, 0.5) is 11.7 Å². The van der Waals surface area contributed by atoms with Crippen molar-refractivity contribution in [3.63, 3.8) is 0 Å². The molecule has 1 fully saturated rings. The Kier molecular flexibility index (Phi) is 4.52. The molecule has 0 radical (unpaired) electrons. The molecule has 0 spiro atoms. The number of nitrogens with zero attached hydrogens (tertiary/aromatic N) is 5. The zero-order valence-electron chi connectivity index (χ0n) is 13.3. The van der Waals surface area contributed by atoms with Crippen molar-refractivity contribution in [3.05, 3.63) is 30.4 Å². The number of carbonyl (C=O) groups is 1. The lowest BCUT2D eigenvalue weighted by Gasteiger charge is -2.37. The third-order valence-corrected chi connectivity index (χ3v) is 3.99. The fraction of sp³-hybridized carbons (Fsp3) is 0.467. The lowest BCUT2D eigenvalue weighted by molar-refractivity contribution is -0.121. The van der Waals surface area contributed by atoms with Crippen LogP contribution in [0.1, 0.15) is 12.6 Å². The van der Waals surface area contributed by atoms with Crippen molar-refractivity contribution >= 4 is 17.6 Å². The third-order valence-electron chi connectivity index (χ3n) is 3.99. The van der Waals surface area contributed by atoms with Gasteiger partial charge >= 0.3 is 0 Å². The molecule has 0 bridgehead atoms. The van der Waals surface area contributed by atoms with Gasteiger partial charge in [-0.1, -0.05) is 5.16 Å². The molecular weight excluding hydrogens is 296 g/mol. The molecule has 0 aliphatic carbocycles. The summed E-state index contributed by atoms with van der Waals surface area (Å²) >= 11 is 0. The molecule has 2 aromatic rings. The highest BCUT2D eigenvalue weighted by Gasteiger charge is 2.26. The van der Waals surface area contributed by atoms with Gasteiger partial charge in [0.1, 0.15) is 5.82 Å². The fourth-order valence-corrected chi connectivity index (χ4v) is 2.61. The van der Waals surface area contributed by atoms with Crippen molar-refractivity contribution < 1.29 is 9.32 Å². The molecule has 1 saturated heterocycles. The number of anilines is 2. The fourth-order valence-electron chi connectivity index (χ4n) is 2.61. The predicted molar refractivity (Wildman–Crippen MR) is 85.1 cm³/mol. The minimum absolute atomic E-state index is 0.0888. The summed E-state index contributed by atoms with van der Waals surface area (Å²) in [6.45, 7) is 6.93. The van der Waals surface area contributed by atoms with Crippen LogP contribution in [0.3, 0.4) is 0 Å². The molecule has 8 nitrogen and oxygen atoms in total. The molecule has 1 N–H and O–H groups in total. The van der Waals surface area contributed by atoms with Crippen LogP contribution < -0.4 is 10.2 Å². The maximum atomic E-state index is 12.3. The number of hydrogen-bond acceptors (Lipinski definition) is 7. The molecule has 3 rings (SSSR count). The van der Waals surface area contributed by atoms with Crippen LogP contribution in [0.5, 0.6) is 0 Å². The van der Waals surface area contributed by atoms with Gasteiger partial charge in [-0.25, -0.2) is 4.98 Å². The first-order valence-electron chi connectivity index (χ1n) is 7.62. The number of aromatic nitrogens is 3. The highest BCUT2D eigenvalue weighted by Crippen LogP contribution is 2.15. The molecular formula is C15H20N6O2. The van der Waals surface area contributed by atoms with Gasteiger partial charge in [0.25, 0.3) is 0 Å². The lowest BCUT2D eigenvalue weighted by atomic mass is 10.2. The standard InChI is InChI=1S/C15H20N6O2/c1-11-9-14(23-19-11)18-15(22)12(2)20-5-7-21(8-6-20)13-10-16-3-4-17-13/h3-4,9-10,12H,5-8H2,1-2H3,(H,18,22)/t12-/m0/s1. The molecule has 1 amide bonds. The molecule has 3 heterocycles. The summed E-state index contributed by atoms with van der Waals surface area (Å²) in [7, 11) is 0. The van der Waals surface area contributed by atoms with Gasteiger partial charge < -0.3 is 9.42 Å². The average Bonchev–Trinajstić information content (AvgIpc) is 3.00. The van der Waals surface area contributed by atoms with E-state index in [0.29, 0.717) is 5.88 Å². The Labute approximate surface area is 134 Å². The van der Waals surface area contributed by atoms with E-state index in [1.54, 1.807) is 24.7 Å². The van der Waals surface area contributed by atoms with Gasteiger partial charge in [0.15, 0.2) is 0 Å². The van der Waals surface area contributed by atoms with E-state index in [9.17, 15) is 4.79 Å². The van der Waals surface area contributed by atoms with E-state index < -0.39 is 0 Å². The normalized spacial score (nSPS) is 17.0. The zero-order chi connectivity index (χ0) is 16.2. The van der Waals surface area contributed by atoms with E-state index in [2.05, 4.69) is 30.2 Å². The number of amides is 1. The molecule has 2 aromatic heterocycles. The quantitative estimate of drug-likeness (QED) is 0.897. The van der Waals surface area contributed by atoms with Gasteiger partial charge in [-0.15, -0.1) is 0 Å². The third kappa shape index (κ3) is 3.65. The first-order chi connectivity index (χ1) is 11.1. The first kappa shape index (κ1) is 15.4. The van der Waals surface area contributed by atoms with E-state index in [1.165, 1.54) is 0 Å². The minimum Gasteiger partial charge on any atom is -0.353 e. The van der Waals surface area contributed by atoms with Gasteiger partial charge in [-0.3, -0.25) is 20.0 Å². The van der Waals surface area contributed by atoms with Crippen LogP contribution in [0.2, 0.25) is 0 Å². The molecule has 1 atom stereocenters. The van der Waals surface area contributed by atoms with Gasteiger partial charge in [-0.2, -0.15) is 0 Å². The molecule has 1 aliphatic heterocycles. The smallest absolute Gasteiger partial charge is 0.243 e. The maximum Gasteiger partial charge on any atom is 0.243 e. The SMILES string of the molecule is Cc1cc(NC(=O)[C@H](C)N2CCN(c3cnccn3)CC2)on1. The Balaban J connectivity index is 1.53. The Bertz CT molecular complexity index is 651. The van der Waals surface area contributed by atoms with Crippen LogP contribution in [-0.4, -0.2) is 58.2 Å². The summed E-state index contributed by atoms with van der Waals surface area (Å²) in [5.41, 5.74) is 0.741. The molecule has 23 heavy (non-hydrogen) atoms. The Hall–Kier alpha value is -2.48. The van der Waals surface area contributed by atoms with Crippen molar-refractivity contribution in [1.82, 2.24) is 20.0 Å². The summed E-state index contributed by atoms with van der Waals surface area (Å²) in [5.74, 6) is 1.17. The van der Waals surface area contributed by atoms with Crippen molar-refractivity contribution in [1.29, 1.82) is 0 Å². The average molecular weight is 316 g/mol. The Morgan fingerprint density at radius 3 is 2.70 bits per heavy atom. The molecule has 0 saturated carbocycles. The molecule has 1 aliphatic rings. The summed E-state index contributed by atoms with van der Waals surface area (Å²) in [4.78, 5) is 25.0. The minimum atomic E-state index is -0.232. The summed E-state index contributed by atoms with van der Waals surface area (Å²) in [5, 5.41) is 6.52. The topological polar surface area (TPSA) is 87.4 Å². The lowest BCUT2D eigenvalue weighted by Crippen LogP contribution is -2.53. The second-order valence-electron chi connectivity index (χ2n) is 5.58. The van der Waals surface area contributed by atoms with Crippen LogP contribution in [0.15, 0.2) is 29.2 Å². The highest BCUT2D eigenvalue weighted by atomic mass is 16.5. The summed E-state index contributed by atoms with van der Waals surface area (Å²) in [6, 6.07) is 1.47. The van der Waals surface area contributed by atoms with E-state index in [-0.39, 0.29) is 11.9 Å². The van der Waals surface area contributed by atoms with Crippen LogP contribution >= 0.6 is 0 Å². The molecule has 122 valence electrons. The second-order valence-corrected chi connectivity index (χ2v) is 5.58. The van der Waals surface area contributed by atoms with Crippen LogP contribution in [-0.2, 0) is 4.79 Å². The van der Waals surface area contributed by atoms with E-state index >= 15 is 0 Å². The summed E-state index contributed by atoms with van der Waals surface area (Å²) in [6.07, 6.45) is 5.12. The second kappa shape index (κ2) is 6.74. The number of aryl methyl sites for hydroxylation is 1. The molecule has 0 aromatic carbocycles. The summed E-state index contributed by atoms with van der Waals surface area (Å²) < 4.78 is 5.02. The number of piperazine rings is 1. The van der Waals surface area contributed by atoms with E-state index in [1.807, 2.05) is 13.8 Å². The maximum absolute atomic E-state index is 12.3. The molecule has 8 heteroatoms. The first-order valence-corrected chi connectivity index (χ1v) is 7.62. The molecule has 0 unspecified atom stereocenters. The van der Waals surface area contributed by atoms with Crippen molar-refractivity contribution in [2.75, 3.05) is 36.4 Å². The van der Waals surface area contributed by atoms with Crippen LogP contribution in [0, 0.1) is 6.92 Å². The van der Waals surface area contributed by atoms with E-state index in [0.717, 1.165) is 37.7 Å². The van der Waals surface area contributed by atoms with Crippen molar-refractivity contribution in [3.8, 4) is 0 Å². The van der Waals surface area contributed by atoms with Crippen LogP contribution in [0.25, 0.3) is 0 Å². The Morgan fingerprint density at radius 1 is 1.30 bits per heavy atom. The Morgan fingerprint density at radius 2 is 2.09 bits per heavy atom. The number of rotatable bonds is 4. The van der Waals surface area contributed by atoms with Crippen molar-refractivity contribution in [2.24, 2.45) is 0 Å². The van der Waals surface area contributed by atoms with Gasteiger partial charge in [0, 0.05) is 44.6 Å². The highest BCUT2D eigenvalue weighted by molar-refractivity contribution is 5.93. The zero-order valence-corrected chi connectivity index (χ0v) is 13.3. The van der Waals surface area contributed by atoms with Gasteiger partial charge in [0.05, 0.1) is 17.9 Å². The number of hydrogen-bond donors (Lipinski definition) is 1. The number of nitrogens with one attached hydrogen (secondary N) is 1. The number of carbonyl (C=O) groups excluding carboxylic acids is 1. The largest absolute Gasteiger partial charge is 0.353 e. The van der Waals surface area contributed by atoms with E-state index in [4.69, 9.17) is 4.52 Å². The van der Waals surface area contributed by atoms with Gasteiger partial charge in [0.2, 0.25) is 11.8 Å². The monoisotopic (exact) mass is 316 g/mol.